The van der Waals surface area contributed by atoms with Gasteiger partial charge in [-0.05, 0) is 0 Å². The van der Waals surface area contributed by atoms with E-state index < -0.39 is 11.0 Å². The Labute approximate surface area is 95.7 Å². The molecule has 0 aromatic heterocycles. The molecule has 0 spiro atoms. The zero-order valence-electron chi connectivity index (χ0n) is 5.99. The minimum atomic E-state index is -2.87. The van der Waals surface area contributed by atoms with Crippen LogP contribution in [0.3, 0.4) is 0 Å². The summed E-state index contributed by atoms with van der Waals surface area (Å²) in [6.45, 7) is 7.11. The van der Waals surface area contributed by atoms with Gasteiger partial charge in [0.1, 0.15) is 12.4 Å². The van der Waals surface area contributed by atoms with E-state index in [2.05, 4.69) is 17.3 Å². The fourth-order valence-corrected chi connectivity index (χ4v) is 0.651. The molecule has 0 aromatic carbocycles. The Hall–Kier alpha value is 0.190. The zero-order valence-corrected chi connectivity index (χ0v) is 6.88. The van der Waals surface area contributed by atoms with Crippen LogP contribution in [0.15, 0.2) is 25.0 Å². The molecule has 0 N–H and O–H groups in total. The summed E-state index contributed by atoms with van der Waals surface area (Å²) < 4.78 is 28.9. The fourth-order valence-electron chi connectivity index (χ4n) is 0.388. The molecule has 0 saturated carbocycles. The first kappa shape index (κ1) is 14.7. The molecule has 6 heteroatoms. The van der Waals surface area contributed by atoms with Crippen molar-refractivity contribution in [3.05, 3.63) is 25.0 Å². The van der Waals surface area contributed by atoms with Crippen LogP contribution in [0.4, 0.5) is 0 Å². The second-order valence-corrected chi connectivity index (χ2v) is 2.29. The Balaban J connectivity index is 0. The molecule has 0 bridgehead atoms. The van der Waals surface area contributed by atoms with Gasteiger partial charge in [-0.3, -0.25) is 0 Å². The Morgan fingerprint density at radius 3 is 2.50 bits per heavy atom. The Bertz CT molecular complexity index is 204. The van der Waals surface area contributed by atoms with Crippen LogP contribution in [0.25, 0.3) is 0 Å². The second kappa shape index (κ2) is 9.28. The number of hydrogen-bond acceptors (Lipinski definition) is 4. The monoisotopic (exact) mass is 202 g/mol. The number of rotatable bonds is 6. The molecule has 0 unspecified atom stereocenters. The summed E-state index contributed by atoms with van der Waals surface area (Å²) in [4.78, 5) is 0. The second-order valence-electron chi connectivity index (χ2n) is 1.66. The average molecular weight is 202 g/mol. The van der Waals surface area contributed by atoms with Crippen LogP contribution in [-0.2, 0) is 19.9 Å². The van der Waals surface area contributed by atoms with Crippen molar-refractivity contribution >= 4 is 40.5 Å². The van der Waals surface area contributed by atoms with Crippen molar-refractivity contribution in [1.82, 2.24) is 0 Å². The van der Waals surface area contributed by atoms with E-state index >= 15 is 0 Å². The van der Waals surface area contributed by atoms with Crippen LogP contribution in [0.1, 0.15) is 0 Å². The molecular formula is C6H11NaO4S. The maximum atomic E-state index is 9.92. The zero-order chi connectivity index (χ0) is 8.69. The summed E-state index contributed by atoms with van der Waals surface area (Å²) >= 11 is 0. The van der Waals surface area contributed by atoms with Gasteiger partial charge in [0.05, 0.1) is 6.61 Å². The number of thiol groups is 1. The molecule has 0 saturated heterocycles. The average Bonchev–Trinajstić information content (AvgIpc) is 1.86. The van der Waals surface area contributed by atoms with Crippen molar-refractivity contribution in [2.24, 2.45) is 0 Å². The van der Waals surface area contributed by atoms with E-state index in [1.807, 2.05) is 0 Å². The minimum absolute atomic E-state index is 0. The van der Waals surface area contributed by atoms with Crippen molar-refractivity contribution in [2.45, 2.75) is 0 Å². The van der Waals surface area contributed by atoms with Gasteiger partial charge in [0.15, 0.2) is 0 Å². The van der Waals surface area contributed by atoms with Crippen molar-refractivity contribution in [3.63, 3.8) is 0 Å². The molecule has 0 aliphatic carbocycles. The van der Waals surface area contributed by atoms with E-state index in [0.29, 0.717) is 6.61 Å². The quantitative estimate of drug-likeness (QED) is 0.209. The van der Waals surface area contributed by atoms with Crippen LogP contribution in [0.2, 0.25) is 0 Å². The summed E-state index contributed by atoms with van der Waals surface area (Å²) in [5.74, 6) is 0.0722. The Morgan fingerprint density at radius 2 is 2.08 bits per heavy atom. The molecular weight excluding hydrogens is 191 g/mol. The molecule has 0 rings (SSSR count). The third kappa shape index (κ3) is 10.2. The van der Waals surface area contributed by atoms with E-state index in [4.69, 9.17) is 4.74 Å². The van der Waals surface area contributed by atoms with E-state index in [0.717, 1.165) is 0 Å². The van der Waals surface area contributed by atoms with Gasteiger partial charge in [-0.15, -0.1) is 6.58 Å². The molecule has 0 aliphatic rings. The van der Waals surface area contributed by atoms with Crippen molar-refractivity contribution in [3.8, 4) is 0 Å². The van der Waals surface area contributed by atoms with E-state index in [1.54, 1.807) is 6.08 Å². The maximum absolute atomic E-state index is 9.92. The molecule has 12 heavy (non-hydrogen) atoms. The third-order valence-electron chi connectivity index (χ3n) is 0.702. The topological polar surface area (TPSA) is 52.6 Å². The summed E-state index contributed by atoms with van der Waals surface area (Å²) in [6.07, 6.45) is 1.55. The SMILES string of the molecule is C=CCOCC(=C)O[SH](=O)=O.[NaH]. The normalized spacial score (nSPS) is 8.75. The van der Waals surface area contributed by atoms with Gasteiger partial charge in [-0.1, -0.05) is 12.7 Å². The van der Waals surface area contributed by atoms with Crippen LogP contribution in [0, 0.1) is 0 Å². The standard InChI is InChI=1S/C6H10O4S.Na.H/c1-3-4-9-5-6(2)10-11(7)8;;/h3,11H,1-2,4-5H2;;. The van der Waals surface area contributed by atoms with Crippen molar-refractivity contribution in [1.29, 1.82) is 0 Å². The van der Waals surface area contributed by atoms with Gasteiger partial charge in [-0.25, -0.2) is 0 Å². The first-order valence-electron chi connectivity index (χ1n) is 2.85. The van der Waals surface area contributed by atoms with Gasteiger partial charge in [0.2, 0.25) is 0 Å². The molecule has 0 heterocycles. The molecule has 66 valence electrons. The Kier molecular flexibility index (Phi) is 11.4. The van der Waals surface area contributed by atoms with E-state index in [1.165, 1.54) is 0 Å². The molecule has 0 fully saturated rings. The Morgan fingerprint density at radius 1 is 1.50 bits per heavy atom. The summed E-state index contributed by atoms with van der Waals surface area (Å²) in [5.41, 5.74) is 0. The summed E-state index contributed by atoms with van der Waals surface area (Å²) in [6, 6.07) is 0. The first-order valence-corrected chi connectivity index (χ1v) is 3.95. The number of ether oxygens (including phenoxy) is 1. The molecule has 0 aliphatic heterocycles. The summed E-state index contributed by atoms with van der Waals surface area (Å²) in [7, 11) is -2.87. The van der Waals surface area contributed by atoms with Crippen LogP contribution < -0.4 is 0 Å². The van der Waals surface area contributed by atoms with Gasteiger partial charge >= 0.3 is 29.6 Å². The van der Waals surface area contributed by atoms with Crippen LogP contribution in [-0.4, -0.2) is 51.2 Å². The summed E-state index contributed by atoms with van der Waals surface area (Å²) in [5, 5.41) is 0. The predicted octanol–water partition coefficient (Wildman–Crippen LogP) is -0.403. The fraction of sp³-hybridized carbons (Fsp3) is 0.333. The number of hydrogen-bond donors (Lipinski definition) is 1. The third-order valence-corrected chi connectivity index (χ3v) is 1.11. The van der Waals surface area contributed by atoms with Gasteiger partial charge < -0.3 is 8.92 Å². The van der Waals surface area contributed by atoms with Gasteiger partial charge in [-0.2, -0.15) is 8.42 Å². The van der Waals surface area contributed by atoms with Crippen molar-refractivity contribution < 1.29 is 17.3 Å². The molecule has 0 radical (unpaired) electrons. The van der Waals surface area contributed by atoms with Gasteiger partial charge in [0, 0.05) is 0 Å². The van der Waals surface area contributed by atoms with Crippen molar-refractivity contribution in [2.75, 3.05) is 13.2 Å². The van der Waals surface area contributed by atoms with Crippen LogP contribution >= 0.6 is 0 Å². The van der Waals surface area contributed by atoms with E-state index in [9.17, 15) is 8.42 Å². The molecule has 0 amide bonds. The van der Waals surface area contributed by atoms with E-state index in [-0.39, 0.29) is 41.9 Å². The van der Waals surface area contributed by atoms with Gasteiger partial charge in [0.25, 0.3) is 11.0 Å². The first-order chi connectivity index (χ1) is 5.16. The predicted molar refractivity (Wildman–Crippen MR) is 48.7 cm³/mol. The van der Waals surface area contributed by atoms with Crippen LogP contribution in [0.5, 0.6) is 0 Å². The molecule has 0 atom stereocenters. The molecule has 0 aromatic rings. The molecule has 4 nitrogen and oxygen atoms in total.